The lowest BCUT2D eigenvalue weighted by Crippen LogP contribution is -2.51. The third-order valence-electron chi connectivity index (χ3n) is 4.37. The van der Waals surface area contributed by atoms with Crippen LogP contribution in [-0.2, 0) is 6.42 Å². The van der Waals surface area contributed by atoms with Gasteiger partial charge in [-0.1, -0.05) is 31.0 Å². The zero-order valence-corrected chi connectivity index (χ0v) is 9.78. The minimum atomic E-state index is 0.270. The van der Waals surface area contributed by atoms with Crippen molar-refractivity contribution in [2.24, 2.45) is 5.73 Å². The lowest BCUT2D eigenvalue weighted by atomic mass is 9.95. The molecule has 0 radical (unpaired) electrons. The summed E-state index contributed by atoms with van der Waals surface area (Å²) in [6, 6.07) is 8.81. The standard InChI is InChI=1S/C14H20N2/c15-11-14(8-3-4-9-14)16-10-7-12-5-1-2-6-13(12)16/h1-2,5-6H,3-4,7-11,15H2. The van der Waals surface area contributed by atoms with Gasteiger partial charge < -0.3 is 10.6 Å². The molecular formula is C14H20N2. The van der Waals surface area contributed by atoms with Crippen LogP contribution in [0, 0.1) is 0 Å². The first-order valence-corrected chi connectivity index (χ1v) is 6.41. The minimum absolute atomic E-state index is 0.270. The molecule has 1 aliphatic heterocycles. The molecule has 0 aromatic heterocycles. The van der Waals surface area contributed by atoms with Crippen LogP contribution in [0.15, 0.2) is 24.3 Å². The Hall–Kier alpha value is -1.02. The fourth-order valence-corrected chi connectivity index (χ4v) is 3.45. The molecule has 0 amide bonds. The van der Waals surface area contributed by atoms with Gasteiger partial charge in [-0.2, -0.15) is 0 Å². The lowest BCUT2D eigenvalue weighted by molar-refractivity contribution is 0.412. The van der Waals surface area contributed by atoms with Crippen molar-refractivity contribution in [2.45, 2.75) is 37.6 Å². The Morgan fingerprint density at radius 1 is 1.19 bits per heavy atom. The second kappa shape index (κ2) is 3.77. The van der Waals surface area contributed by atoms with Crippen molar-refractivity contribution in [3.63, 3.8) is 0 Å². The molecule has 0 saturated heterocycles. The summed E-state index contributed by atoms with van der Waals surface area (Å²) in [4.78, 5) is 2.59. The average molecular weight is 216 g/mol. The molecule has 86 valence electrons. The SMILES string of the molecule is NCC1(N2CCc3ccccc32)CCCC1. The first-order chi connectivity index (χ1) is 7.86. The highest BCUT2D eigenvalue weighted by Crippen LogP contribution is 2.41. The van der Waals surface area contributed by atoms with Gasteiger partial charge in [0.25, 0.3) is 0 Å². The zero-order chi connectivity index (χ0) is 11.0. The number of benzene rings is 1. The van der Waals surface area contributed by atoms with Crippen LogP contribution in [-0.4, -0.2) is 18.6 Å². The topological polar surface area (TPSA) is 29.3 Å². The molecule has 0 atom stereocenters. The fourth-order valence-electron chi connectivity index (χ4n) is 3.45. The van der Waals surface area contributed by atoms with Crippen molar-refractivity contribution in [2.75, 3.05) is 18.0 Å². The van der Waals surface area contributed by atoms with Gasteiger partial charge in [0.2, 0.25) is 0 Å². The number of hydrogen-bond acceptors (Lipinski definition) is 2. The molecule has 0 unspecified atom stereocenters. The van der Waals surface area contributed by atoms with Crippen molar-refractivity contribution >= 4 is 5.69 Å². The molecule has 2 N–H and O–H groups in total. The fraction of sp³-hybridized carbons (Fsp3) is 0.571. The summed E-state index contributed by atoms with van der Waals surface area (Å²) < 4.78 is 0. The van der Waals surface area contributed by atoms with Crippen molar-refractivity contribution in [1.29, 1.82) is 0 Å². The van der Waals surface area contributed by atoms with Crippen LogP contribution in [0.1, 0.15) is 31.2 Å². The van der Waals surface area contributed by atoms with E-state index in [1.165, 1.54) is 43.4 Å². The molecule has 1 aliphatic carbocycles. The maximum atomic E-state index is 6.06. The molecule has 0 bridgehead atoms. The quantitative estimate of drug-likeness (QED) is 0.822. The second-order valence-corrected chi connectivity index (χ2v) is 5.17. The van der Waals surface area contributed by atoms with E-state index in [0.717, 1.165) is 13.1 Å². The van der Waals surface area contributed by atoms with Gasteiger partial charge >= 0.3 is 0 Å². The summed E-state index contributed by atoms with van der Waals surface area (Å²) in [5, 5.41) is 0. The molecule has 1 heterocycles. The molecule has 0 spiro atoms. The van der Waals surface area contributed by atoms with E-state index in [4.69, 9.17) is 5.73 Å². The van der Waals surface area contributed by atoms with Crippen molar-refractivity contribution in [1.82, 2.24) is 0 Å². The average Bonchev–Trinajstić information content (AvgIpc) is 2.96. The lowest BCUT2D eigenvalue weighted by Gasteiger charge is -2.40. The van der Waals surface area contributed by atoms with Gasteiger partial charge in [-0.3, -0.25) is 0 Å². The number of nitrogens with two attached hydrogens (primary N) is 1. The molecule has 1 aromatic carbocycles. The molecule has 2 aliphatic rings. The Balaban J connectivity index is 1.97. The van der Waals surface area contributed by atoms with Crippen LogP contribution in [0.3, 0.4) is 0 Å². The number of rotatable bonds is 2. The highest BCUT2D eigenvalue weighted by atomic mass is 15.2. The summed E-state index contributed by atoms with van der Waals surface area (Å²) in [7, 11) is 0. The Kier molecular flexibility index (Phi) is 2.40. The van der Waals surface area contributed by atoms with Crippen LogP contribution in [0.2, 0.25) is 0 Å². The maximum Gasteiger partial charge on any atom is 0.0524 e. The van der Waals surface area contributed by atoms with Gasteiger partial charge in [0, 0.05) is 18.8 Å². The number of nitrogens with zero attached hydrogens (tertiary/aromatic N) is 1. The molecule has 3 rings (SSSR count). The Bertz CT molecular complexity index is 380. The molecule has 1 saturated carbocycles. The van der Waals surface area contributed by atoms with Crippen molar-refractivity contribution < 1.29 is 0 Å². The molecular weight excluding hydrogens is 196 g/mol. The van der Waals surface area contributed by atoms with Crippen LogP contribution < -0.4 is 10.6 Å². The summed E-state index contributed by atoms with van der Waals surface area (Å²) in [6.45, 7) is 1.97. The number of hydrogen-bond donors (Lipinski definition) is 1. The summed E-state index contributed by atoms with van der Waals surface area (Å²) in [5.41, 5.74) is 9.28. The molecule has 1 aromatic rings. The van der Waals surface area contributed by atoms with Gasteiger partial charge in [0.15, 0.2) is 0 Å². The van der Waals surface area contributed by atoms with Gasteiger partial charge in [-0.25, -0.2) is 0 Å². The Morgan fingerprint density at radius 2 is 1.94 bits per heavy atom. The van der Waals surface area contributed by atoms with Gasteiger partial charge in [-0.05, 0) is 30.9 Å². The zero-order valence-electron chi connectivity index (χ0n) is 9.78. The van der Waals surface area contributed by atoms with Gasteiger partial charge in [0.05, 0.1) is 5.54 Å². The third-order valence-corrected chi connectivity index (χ3v) is 4.37. The van der Waals surface area contributed by atoms with E-state index < -0.39 is 0 Å². The monoisotopic (exact) mass is 216 g/mol. The van der Waals surface area contributed by atoms with E-state index in [2.05, 4.69) is 29.2 Å². The van der Waals surface area contributed by atoms with Crippen molar-refractivity contribution in [3.05, 3.63) is 29.8 Å². The van der Waals surface area contributed by atoms with E-state index in [9.17, 15) is 0 Å². The second-order valence-electron chi connectivity index (χ2n) is 5.17. The van der Waals surface area contributed by atoms with E-state index in [1.54, 1.807) is 0 Å². The number of para-hydroxylation sites is 1. The largest absolute Gasteiger partial charge is 0.364 e. The highest BCUT2D eigenvalue weighted by molar-refractivity contribution is 5.60. The van der Waals surface area contributed by atoms with Crippen LogP contribution >= 0.6 is 0 Å². The third kappa shape index (κ3) is 1.36. The molecule has 16 heavy (non-hydrogen) atoms. The first kappa shape index (κ1) is 10.2. The first-order valence-electron chi connectivity index (χ1n) is 6.41. The number of fused-ring (bicyclic) bond motifs is 1. The summed E-state index contributed by atoms with van der Waals surface area (Å²) in [5.74, 6) is 0. The summed E-state index contributed by atoms with van der Waals surface area (Å²) >= 11 is 0. The van der Waals surface area contributed by atoms with Crippen LogP contribution in [0.5, 0.6) is 0 Å². The molecule has 2 nitrogen and oxygen atoms in total. The van der Waals surface area contributed by atoms with Crippen LogP contribution in [0.4, 0.5) is 5.69 Å². The predicted molar refractivity (Wildman–Crippen MR) is 67.7 cm³/mol. The van der Waals surface area contributed by atoms with E-state index in [0.29, 0.717) is 0 Å². The van der Waals surface area contributed by atoms with E-state index in [-0.39, 0.29) is 5.54 Å². The molecule has 1 fully saturated rings. The van der Waals surface area contributed by atoms with Crippen LogP contribution in [0.25, 0.3) is 0 Å². The predicted octanol–water partition coefficient (Wildman–Crippen LogP) is 2.32. The van der Waals surface area contributed by atoms with E-state index >= 15 is 0 Å². The summed E-state index contributed by atoms with van der Waals surface area (Å²) in [6.07, 6.45) is 6.43. The minimum Gasteiger partial charge on any atom is -0.364 e. The number of anilines is 1. The van der Waals surface area contributed by atoms with E-state index in [1.807, 2.05) is 0 Å². The normalized spacial score (nSPS) is 22.4. The van der Waals surface area contributed by atoms with Crippen molar-refractivity contribution in [3.8, 4) is 0 Å². The Labute approximate surface area is 97.4 Å². The smallest absolute Gasteiger partial charge is 0.0524 e. The van der Waals surface area contributed by atoms with Gasteiger partial charge in [-0.15, -0.1) is 0 Å². The van der Waals surface area contributed by atoms with Gasteiger partial charge in [0.1, 0.15) is 0 Å². The Morgan fingerprint density at radius 3 is 2.69 bits per heavy atom. The molecule has 2 heteroatoms. The highest BCUT2D eigenvalue weighted by Gasteiger charge is 2.40. The maximum absolute atomic E-state index is 6.06.